The van der Waals surface area contributed by atoms with E-state index in [0.717, 1.165) is 19.3 Å². The van der Waals surface area contributed by atoms with Gasteiger partial charge in [0.1, 0.15) is 6.54 Å². The summed E-state index contributed by atoms with van der Waals surface area (Å²) in [7, 11) is 5.82. The van der Waals surface area contributed by atoms with Gasteiger partial charge in [-0.15, -0.1) is 0 Å². The predicted molar refractivity (Wildman–Crippen MR) is 94.2 cm³/mol. The number of rotatable bonds is 15. The predicted octanol–water partition coefficient (Wildman–Crippen LogP) is 2.67. The van der Waals surface area contributed by atoms with Crippen LogP contribution in [0.3, 0.4) is 0 Å². The molecule has 0 unspecified atom stereocenters. The fourth-order valence-corrected chi connectivity index (χ4v) is 2.77. The summed E-state index contributed by atoms with van der Waals surface area (Å²) in [6, 6.07) is 0. The normalized spacial score (nSPS) is 12.8. The van der Waals surface area contributed by atoms with E-state index in [4.69, 9.17) is 4.74 Å². The van der Waals surface area contributed by atoms with Crippen LogP contribution >= 0.6 is 0 Å². The van der Waals surface area contributed by atoms with Crippen molar-refractivity contribution in [1.29, 1.82) is 0 Å². The van der Waals surface area contributed by atoms with Crippen molar-refractivity contribution in [2.24, 2.45) is 0 Å². The van der Waals surface area contributed by atoms with Crippen molar-refractivity contribution >= 4 is 11.9 Å². The van der Waals surface area contributed by atoms with Crippen LogP contribution in [0.25, 0.3) is 0 Å². The van der Waals surface area contributed by atoms with Gasteiger partial charge in [-0.2, -0.15) is 0 Å². The summed E-state index contributed by atoms with van der Waals surface area (Å²) < 4.78 is 5.88. The Labute approximate surface area is 148 Å². The minimum Gasteiger partial charge on any atom is -0.550 e. The zero-order valence-electron chi connectivity index (χ0n) is 16.1. The molecule has 0 aromatic heterocycles. The minimum absolute atomic E-state index is 0.237. The van der Waals surface area contributed by atoms with Gasteiger partial charge in [0.25, 0.3) is 0 Å². The molecule has 24 heavy (non-hydrogen) atoms. The monoisotopic (exact) mass is 343 g/mol. The van der Waals surface area contributed by atoms with Gasteiger partial charge in [-0.3, -0.25) is 4.79 Å². The molecule has 0 aliphatic rings. The first-order valence-electron chi connectivity index (χ1n) is 9.44. The van der Waals surface area contributed by atoms with Crippen LogP contribution in [-0.4, -0.2) is 50.2 Å². The zero-order chi connectivity index (χ0) is 18.4. The van der Waals surface area contributed by atoms with E-state index in [1.165, 1.54) is 38.5 Å². The Hall–Kier alpha value is -1.10. The van der Waals surface area contributed by atoms with Gasteiger partial charge >= 0.3 is 5.97 Å². The molecule has 0 aromatic carbocycles. The molecule has 0 aliphatic carbocycles. The van der Waals surface area contributed by atoms with Gasteiger partial charge in [0.05, 0.1) is 21.1 Å². The maximum absolute atomic E-state index is 11.9. The van der Waals surface area contributed by atoms with Crippen molar-refractivity contribution in [3.63, 3.8) is 0 Å². The van der Waals surface area contributed by atoms with E-state index in [9.17, 15) is 14.7 Å². The summed E-state index contributed by atoms with van der Waals surface area (Å²) >= 11 is 0. The number of unbranched alkanes of at least 4 members (excludes halogenated alkanes) is 8. The number of hydrogen-bond donors (Lipinski definition) is 0. The molecule has 0 bridgehead atoms. The summed E-state index contributed by atoms with van der Waals surface area (Å²) in [5.41, 5.74) is 0. The molecule has 5 heteroatoms. The number of nitrogens with zero attached hydrogens (tertiary/aromatic N) is 1. The lowest BCUT2D eigenvalue weighted by molar-refractivity contribution is -0.873. The number of aliphatic carboxylic acids is 1. The first kappa shape index (κ1) is 22.9. The fraction of sp³-hybridized carbons (Fsp3) is 0.895. The standard InChI is InChI=1S/C19H37NO4/c1-5-6-7-8-9-10-11-12-13-14-19(23)24-17(15-18(21)22)16-20(2,3)4/h17H,5-16H2,1-4H3/t17-/m0/s1. The van der Waals surface area contributed by atoms with Crippen molar-refractivity contribution in [3.8, 4) is 0 Å². The molecule has 0 amide bonds. The maximum atomic E-state index is 11.9. The van der Waals surface area contributed by atoms with Gasteiger partial charge in [0.2, 0.25) is 0 Å². The molecule has 0 heterocycles. The number of carbonyl (C=O) groups excluding carboxylic acids is 2. The van der Waals surface area contributed by atoms with E-state index in [2.05, 4.69) is 6.92 Å². The van der Waals surface area contributed by atoms with Crippen molar-refractivity contribution in [2.75, 3.05) is 27.7 Å². The molecule has 0 rings (SSSR count). The van der Waals surface area contributed by atoms with E-state index in [-0.39, 0.29) is 12.4 Å². The number of carbonyl (C=O) groups is 2. The number of hydrogen-bond acceptors (Lipinski definition) is 4. The molecular weight excluding hydrogens is 306 g/mol. The van der Waals surface area contributed by atoms with Crippen molar-refractivity contribution in [1.82, 2.24) is 0 Å². The molecular formula is C19H37NO4. The van der Waals surface area contributed by atoms with Crippen molar-refractivity contribution in [2.45, 2.75) is 83.7 Å². The Kier molecular flexibility index (Phi) is 12.6. The highest BCUT2D eigenvalue weighted by molar-refractivity contribution is 5.70. The highest BCUT2D eigenvalue weighted by Crippen LogP contribution is 2.12. The molecule has 0 aromatic rings. The third-order valence-corrected chi connectivity index (χ3v) is 3.93. The molecule has 0 N–H and O–H groups in total. The van der Waals surface area contributed by atoms with Gasteiger partial charge in [-0.1, -0.05) is 58.3 Å². The van der Waals surface area contributed by atoms with E-state index in [1.54, 1.807) is 0 Å². The van der Waals surface area contributed by atoms with E-state index in [0.29, 0.717) is 17.4 Å². The molecule has 0 saturated carbocycles. The molecule has 1 atom stereocenters. The van der Waals surface area contributed by atoms with Crippen molar-refractivity contribution in [3.05, 3.63) is 0 Å². The molecule has 0 radical (unpaired) electrons. The quantitative estimate of drug-likeness (QED) is 0.260. The number of quaternary nitrogens is 1. The van der Waals surface area contributed by atoms with Crippen LogP contribution in [0.4, 0.5) is 0 Å². The third kappa shape index (κ3) is 15.8. The molecule has 0 aliphatic heterocycles. The van der Waals surface area contributed by atoms with Gasteiger partial charge in [0, 0.05) is 18.8 Å². The van der Waals surface area contributed by atoms with Crippen molar-refractivity contribution < 1.29 is 23.9 Å². The average Bonchev–Trinajstić information content (AvgIpc) is 2.42. The van der Waals surface area contributed by atoms with Gasteiger partial charge in [0.15, 0.2) is 6.10 Å². The lowest BCUT2D eigenvalue weighted by Gasteiger charge is -2.29. The highest BCUT2D eigenvalue weighted by atomic mass is 16.5. The fourth-order valence-electron chi connectivity index (χ4n) is 2.77. The van der Waals surface area contributed by atoms with E-state index >= 15 is 0 Å². The lowest BCUT2D eigenvalue weighted by atomic mass is 10.1. The lowest BCUT2D eigenvalue weighted by Crippen LogP contribution is -2.45. The summed E-state index contributed by atoms with van der Waals surface area (Å²) in [6.07, 6.45) is 10.3. The Bertz CT molecular complexity index is 350. The van der Waals surface area contributed by atoms with Gasteiger partial charge < -0.3 is 19.1 Å². The number of carboxylic acid groups (broad SMARTS) is 1. The Morgan fingerprint density at radius 3 is 1.88 bits per heavy atom. The SMILES string of the molecule is CCCCCCCCCCCC(=O)O[C@@H](CC(=O)[O-])C[N+](C)(C)C. The summed E-state index contributed by atoms with van der Waals surface area (Å²) in [5.74, 6) is -1.47. The summed E-state index contributed by atoms with van der Waals surface area (Å²) in [5, 5.41) is 10.8. The van der Waals surface area contributed by atoms with E-state index in [1.807, 2.05) is 21.1 Å². The number of carboxylic acids is 1. The second-order valence-electron chi connectivity index (χ2n) is 7.74. The smallest absolute Gasteiger partial charge is 0.306 e. The minimum atomic E-state index is -1.18. The number of esters is 1. The van der Waals surface area contributed by atoms with E-state index < -0.39 is 12.1 Å². The second-order valence-corrected chi connectivity index (χ2v) is 7.74. The van der Waals surface area contributed by atoms with Crippen LogP contribution in [0.2, 0.25) is 0 Å². The largest absolute Gasteiger partial charge is 0.550 e. The molecule has 0 spiro atoms. The Morgan fingerprint density at radius 2 is 1.42 bits per heavy atom. The number of likely N-dealkylation sites (N-methyl/N-ethyl adjacent to an activating group) is 1. The maximum Gasteiger partial charge on any atom is 0.306 e. The van der Waals surface area contributed by atoms with Gasteiger partial charge in [-0.25, -0.2) is 0 Å². The van der Waals surface area contributed by atoms with Crippen LogP contribution in [0.1, 0.15) is 77.6 Å². The third-order valence-electron chi connectivity index (χ3n) is 3.93. The number of ether oxygens (including phenoxy) is 1. The van der Waals surface area contributed by atoms with Gasteiger partial charge in [-0.05, 0) is 6.42 Å². The Morgan fingerprint density at radius 1 is 0.917 bits per heavy atom. The van der Waals surface area contributed by atoms with Crippen LogP contribution in [0, 0.1) is 0 Å². The summed E-state index contributed by atoms with van der Waals surface area (Å²) in [6.45, 7) is 2.69. The van der Waals surface area contributed by atoms with Crippen LogP contribution < -0.4 is 5.11 Å². The Balaban J connectivity index is 3.82. The second kappa shape index (κ2) is 13.2. The average molecular weight is 344 g/mol. The highest BCUT2D eigenvalue weighted by Gasteiger charge is 2.22. The van der Waals surface area contributed by atoms with Crippen LogP contribution in [-0.2, 0) is 14.3 Å². The molecule has 5 nitrogen and oxygen atoms in total. The molecule has 0 saturated heterocycles. The molecule has 0 fully saturated rings. The topological polar surface area (TPSA) is 66.4 Å². The zero-order valence-corrected chi connectivity index (χ0v) is 16.1. The first-order valence-corrected chi connectivity index (χ1v) is 9.44. The molecule has 142 valence electrons. The van der Waals surface area contributed by atoms with Crippen LogP contribution in [0.15, 0.2) is 0 Å². The first-order chi connectivity index (χ1) is 11.2. The summed E-state index contributed by atoms with van der Waals surface area (Å²) in [4.78, 5) is 22.7. The van der Waals surface area contributed by atoms with Crippen LogP contribution in [0.5, 0.6) is 0 Å².